The predicted molar refractivity (Wildman–Crippen MR) is 55.6 cm³/mol. The van der Waals surface area contributed by atoms with Crippen LogP contribution in [-0.2, 0) is 0 Å². The average molecular weight is 172 g/mol. The van der Waals surface area contributed by atoms with Gasteiger partial charge >= 0.3 is 0 Å². The summed E-state index contributed by atoms with van der Waals surface area (Å²) in [6, 6.07) is 5.90. The van der Waals surface area contributed by atoms with Gasteiger partial charge in [0.1, 0.15) is 0 Å². The van der Waals surface area contributed by atoms with Crippen LogP contribution < -0.4 is 5.73 Å². The van der Waals surface area contributed by atoms with Crippen LogP contribution in [0, 0.1) is 13.8 Å². The van der Waals surface area contributed by atoms with Gasteiger partial charge in [-0.15, -0.1) is 0 Å². The molecule has 2 heteroatoms. The third-order valence-corrected chi connectivity index (χ3v) is 2.45. The maximum atomic E-state index is 5.81. The lowest BCUT2D eigenvalue weighted by atomic mass is 10.1. The number of aryl methyl sites for hydroxylation is 2. The summed E-state index contributed by atoms with van der Waals surface area (Å²) in [5.74, 6) is 0. The highest BCUT2D eigenvalue weighted by Crippen LogP contribution is 2.23. The number of benzene rings is 1. The molecule has 0 spiro atoms. The Kier molecular flexibility index (Phi) is 1.69. The van der Waals surface area contributed by atoms with Crippen LogP contribution in [0.15, 0.2) is 24.4 Å². The zero-order valence-electron chi connectivity index (χ0n) is 7.83. The van der Waals surface area contributed by atoms with Crippen LogP contribution in [-0.4, -0.2) is 4.98 Å². The maximum Gasteiger partial charge on any atom is 0.0933 e. The number of nitrogens with zero attached hydrogens (tertiary/aromatic N) is 1. The summed E-state index contributed by atoms with van der Waals surface area (Å²) in [6.07, 6.45) is 1.87. The summed E-state index contributed by atoms with van der Waals surface area (Å²) in [5, 5.41) is 1.15. The summed E-state index contributed by atoms with van der Waals surface area (Å²) in [5.41, 5.74) is 9.94. The van der Waals surface area contributed by atoms with Crippen molar-refractivity contribution in [2.75, 3.05) is 5.73 Å². The molecule has 0 aliphatic rings. The van der Waals surface area contributed by atoms with E-state index >= 15 is 0 Å². The van der Waals surface area contributed by atoms with E-state index in [9.17, 15) is 0 Å². The number of hydrogen-bond acceptors (Lipinski definition) is 2. The minimum absolute atomic E-state index is 0.751. The van der Waals surface area contributed by atoms with Gasteiger partial charge in [-0.3, -0.25) is 4.98 Å². The van der Waals surface area contributed by atoms with Crippen LogP contribution in [0.2, 0.25) is 0 Å². The Labute approximate surface area is 77.4 Å². The number of hydrogen-bond donors (Lipinski definition) is 1. The molecule has 0 amide bonds. The van der Waals surface area contributed by atoms with E-state index < -0.39 is 0 Å². The van der Waals surface area contributed by atoms with Crippen LogP contribution in [0.4, 0.5) is 5.69 Å². The van der Waals surface area contributed by atoms with Gasteiger partial charge < -0.3 is 5.73 Å². The third kappa shape index (κ3) is 1.15. The Hall–Kier alpha value is -1.57. The molecule has 0 atom stereocenters. The fraction of sp³-hybridized carbons (Fsp3) is 0.182. The molecule has 2 N–H and O–H groups in total. The van der Waals surface area contributed by atoms with Gasteiger partial charge in [0, 0.05) is 11.6 Å². The van der Waals surface area contributed by atoms with Crippen molar-refractivity contribution in [1.82, 2.24) is 4.98 Å². The molecular formula is C11H12N2. The molecule has 0 saturated carbocycles. The SMILES string of the molecule is Cc1cnc2c(N)cccc2c1C. The van der Waals surface area contributed by atoms with E-state index in [1.807, 2.05) is 18.3 Å². The van der Waals surface area contributed by atoms with Crippen LogP contribution in [0.5, 0.6) is 0 Å². The predicted octanol–water partition coefficient (Wildman–Crippen LogP) is 2.43. The van der Waals surface area contributed by atoms with Crippen LogP contribution in [0.1, 0.15) is 11.1 Å². The quantitative estimate of drug-likeness (QED) is 0.620. The van der Waals surface area contributed by atoms with Gasteiger partial charge in [-0.1, -0.05) is 12.1 Å². The standard InChI is InChI=1S/C11H12N2/c1-7-6-13-11-9(8(7)2)4-3-5-10(11)12/h3-6H,12H2,1-2H3. The number of nitrogens with two attached hydrogens (primary N) is 1. The van der Waals surface area contributed by atoms with Crippen molar-refractivity contribution in [3.8, 4) is 0 Å². The lowest BCUT2D eigenvalue weighted by Crippen LogP contribution is -1.92. The fourth-order valence-electron chi connectivity index (χ4n) is 1.48. The normalized spacial score (nSPS) is 10.6. The average Bonchev–Trinajstić information content (AvgIpc) is 2.12. The summed E-state index contributed by atoms with van der Waals surface area (Å²) in [4.78, 5) is 4.32. The lowest BCUT2D eigenvalue weighted by molar-refractivity contribution is 1.28. The summed E-state index contributed by atoms with van der Waals surface area (Å²) in [7, 11) is 0. The van der Waals surface area contributed by atoms with Gasteiger partial charge in [0.05, 0.1) is 11.2 Å². The molecule has 1 aromatic carbocycles. The summed E-state index contributed by atoms with van der Waals surface area (Å²) in [6.45, 7) is 4.16. The zero-order chi connectivity index (χ0) is 9.42. The molecule has 0 radical (unpaired) electrons. The molecule has 0 fully saturated rings. The van der Waals surface area contributed by atoms with Gasteiger partial charge in [0.2, 0.25) is 0 Å². The van der Waals surface area contributed by atoms with Gasteiger partial charge in [-0.05, 0) is 31.0 Å². The van der Waals surface area contributed by atoms with Crippen molar-refractivity contribution in [3.05, 3.63) is 35.5 Å². The minimum Gasteiger partial charge on any atom is -0.397 e. The molecule has 0 aliphatic heterocycles. The number of pyridine rings is 1. The van der Waals surface area contributed by atoms with Crippen molar-refractivity contribution in [3.63, 3.8) is 0 Å². The van der Waals surface area contributed by atoms with Gasteiger partial charge in [-0.25, -0.2) is 0 Å². The molecule has 0 aliphatic carbocycles. The number of anilines is 1. The van der Waals surface area contributed by atoms with E-state index in [1.54, 1.807) is 0 Å². The molecule has 13 heavy (non-hydrogen) atoms. The van der Waals surface area contributed by atoms with Gasteiger partial charge in [0.25, 0.3) is 0 Å². The highest BCUT2D eigenvalue weighted by molar-refractivity contribution is 5.91. The minimum atomic E-state index is 0.751. The Balaban J connectivity index is 2.94. The third-order valence-electron chi connectivity index (χ3n) is 2.45. The first-order chi connectivity index (χ1) is 6.20. The van der Waals surface area contributed by atoms with Crippen molar-refractivity contribution >= 4 is 16.6 Å². The number of nitrogen functional groups attached to an aromatic ring is 1. The Bertz CT molecular complexity index is 461. The first kappa shape index (κ1) is 8.05. The first-order valence-corrected chi connectivity index (χ1v) is 4.30. The smallest absolute Gasteiger partial charge is 0.0933 e. The van der Waals surface area contributed by atoms with E-state index in [0.29, 0.717) is 0 Å². The molecule has 0 unspecified atom stereocenters. The zero-order valence-corrected chi connectivity index (χ0v) is 7.83. The molecule has 2 rings (SSSR count). The van der Waals surface area contributed by atoms with E-state index in [0.717, 1.165) is 16.6 Å². The monoisotopic (exact) mass is 172 g/mol. The molecular weight excluding hydrogens is 160 g/mol. The van der Waals surface area contributed by atoms with Crippen molar-refractivity contribution < 1.29 is 0 Å². The van der Waals surface area contributed by atoms with E-state index in [1.165, 1.54) is 11.1 Å². The second-order valence-electron chi connectivity index (χ2n) is 3.31. The van der Waals surface area contributed by atoms with Gasteiger partial charge in [-0.2, -0.15) is 0 Å². The highest BCUT2D eigenvalue weighted by atomic mass is 14.7. The topological polar surface area (TPSA) is 38.9 Å². The van der Waals surface area contributed by atoms with Crippen LogP contribution in [0.25, 0.3) is 10.9 Å². The summed E-state index contributed by atoms with van der Waals surface area (Å²) < 4.78 is 0. The number of rotatable bonds is 0. The largest absolute Gasteiger partial charge is 0.397 e. The van der Waals surface area contributed by atoms with Crippen LogP contribution >= 0.6 is 0 Å². The molecule has 66 valence electrons. The van der Waals surface area contributed by atoms with E-state index in [2.05, 4.69) is 24.9 Å². The van der Waals surface area contributed by atoms with Crippen molar-refractivity contribution in [1.29, 1.82) is 0 Å². The van der Waals surface area contributed by atoms with E-state index in [-0.39, 0.29) is 0 Å². The van der Waals surface area contributed by atoms with E-state index in [4.69, 9.17) is 5.73 Å². The molecule has 0 saturated heterocycles. The fourth-order valence-corrected chi connectivity index (χ4v) is 1.48. The Morgan fingerprint density at radius 1 is 1.23 bits per heavy atom. The van der Waals surface area contributed by atoms with Crippen LogP contribution in [0.3, 0.4) is 0 Å². The first-order valence-electron chi connectivity index (χ1n) is 4.30. The second-order valence-corrected chi connectivity index (χ2v) is 3.31. The molecule has 1 aromatic heterocycles. The summed E-state index contributed by atoms with van der Waals surface area (Å²) >= 11 is 0. The molecule has 2 aromatic rings. The Morgan fingerprint density at radius 3 is 2.77 bits per heavy atom. The number of para-hydroxylation sites is 1. The molecule has 0 bridgehead atoms. The van der Waals surface area contributed by atoms with Crippen molar-refractivity contribution in [2.45, 2.75) is 13.8 Å². The van der Waals surface area contributed by atoms with Gasteiger partial charge in [0.15, 0.2) is 0 Å². The number of fused-ring (bicyclic) bond motifs is 1. The van der Waals surface area contributed by atoms with Crippen molar-refractivity contribution in [2.24, 2.45) is 0 Å². The Morgan fingerprint density at radius 2 is 2.00 bits per heavy atom. The second kappa shape index (κ2) is 2.73. The highest BCUT2D eigenvalue weighted by Gasteiger charge is 2.02. The molecule has 1 heterocycles. The lowest BCUT2D eigenvalue weighted by Gasteiger charge is -2.05. The molecule has 2 nitrogen and oxygen atoms in total. The number of aromatic nitrogens is 1. The maximum absolute atomic E-state index is 5.81.